The lowest BCUT2D eigenvalue weighted by molar-refractivity contribution is 0.103. The Balaban J connectivity index is 2.45. The number of halogens is 4. The lowest BCUT2D eigenvalue weighted by Gasteiger charge is -2.14. The van der Waals surface area contributed by atoms with Crippen molar-refractivity contribution in [3.63, 3.8) is 0 Å². The molecule has 0 bridgehead atoms. The Hall–Kier alpha value is -0.990. The number of carbonyl (C=O) groups excluding carboxylic acids is 1. The molecule has 0 heterocycles. The SMILES string of the molecule is CC(N[SH](=O)=O)c1cc(Br)c(C(=O)c2ccc(F)cc2Cl)cc1Cl. The molecule has 0 fully saturated rings. The van der Waals surface area contributed by atoms with E-state index in [4.69, 9.17) is 23.2 Å². The third-order valence-electron chi connectivity index (χ3n) is 3.27. The second-order valence-electron chi connectivity index (χ2n) is 4.91. The zero-order chi connectivity index (χ0) is 18.0. The van der Waals surface area contributed by atoms with Gasteiger partial charge in [-0.2, -0.15) is 0 Å². The molecule has 0 aliphatic carbocycles. The molecular weight excluding hydrogens is 444 g/mol. The van der Waals surface area contributed by atoms with Crippen LogP contribution in [0.4, 0.5) is 4.39 Å². The van der Waals surface area contributed by atoms with Crippen LogP contribution in [0.1, 0.15) is 34.5 Å². The second kappa shape index (κ2) is 7.93. The van der Waals surface area contributed by atoms with Gasteiger partial charge in [-0.15, -0.1) is 0 Å². The van der Waals surface area contributed by atoms with Gasteiger partial charge in [0.15, 0.2) is 5.78 Å². The number of hydrogen-bond donors (Lipinski definition) is 2. The van der Waals surface area contributed by atoms with Crippen molar-refractivity contribution in [2.75, 3.05) is 0 Å². The van der Waals surface area contributed by atoms with Crippen LogP contribution in [0, 0.1) is 5.82 Å². The fourth-order valence-corrected chi connectivity index (χ4v) is 3.69. The van der Waals surface area contributed by atoms with Crippen molar-refractivity contribution >= 4 is 55.8 Å². The third-order valence-corrected chi connectivity index (χ3v) is 5.17. The molecule has 0 radical (unpaired) electrons. The average Bonchev–Trinajstić information content (AvgIpc) is 2.47. The van der Waals surface area contributed by atoms with E-state index in [0.29, 0.717) is 10.0 Å². The zero-order valence-electron chi connectivity index (χ0n) is 12.1. The minimum Gasteiger partial charge on any atom is -0.289 e. The number of nitrogens with one attached hydrogen (secondary N) is 1. The van der Waals surface area contributed by atoms with Crippen LogP contribution >= 0.6 is 39.1 Å². The van der Waals surface area contributed by atoms with E-state index in [1.54, 1.807) is 13.0 Å². The van der Waals surface area contributed by atoms with Gasteiger partial charge in [0.05, 0.1) is 5.02 Å². The van der Waals surface area contributed by atoms with Crippen molar-refractivity contribution < 1.29 is 17.6 Å². The second-order valence-corrected chi connectivity index (χ2v) is 7.36. The normalized spacial score (nSPS) is 12.4. The summed E-state index contributed by atoms with van der Waals surface area (Å²) in [7, 11) is -2.79. The van der Waals surface area contributed by atoms with Crippen molar-refractivity contribution in [1.82, 2.24) is 4.72 Å². The van der Waals surface area contributed by atoms with Crippen molar-refractivity contribution in [2.24, 2.45) is 0 Å². The van der Waals surface area contributed by atoms with Gasteiger partial charge in [0.25, 0.3) is 0 Å². The summed E-state index contributed by atoms with van der Waals surface area (Å²) in [5, 5.41) is 0.210. The van der Waals surface area contributed by atoms with E-state index in [1.807, 2.05) is 0 Å². The maximum Gasteiger partial charge on any atom is 0.201 e. The molecule has 0 saturated carbocycles. The monoisotopic (exact) mass is 453 g/mol. The average molecular weight is 455 g/mol. The first-order valence-electron chi connectivity index (χ1n) is 6.60. The van der Waals surface area contributed by atoms with Crippen molar-refractivity contribution in [2.45, 2.75) is 13.0 Å². The predicted octanol–water partition coefficient (Wildman–Crippen LogP) is 4.30. The molecule has 1 unspecified atom stereocenters. The van der Waals surface area contributed by atoms with E-state index in [2.05, 4.69) is 20.7 Å². The Kier molecular flexibility index (Phi) is 6.39. The molecule has 0 spiro atoms. The van der Waals surface area contributed by atoms with Crippen LogP contribution in [0.25, 0.3) is 0 Å². The Bertz CT molecular complexity index is 881. The van der Waals surface area contributed by atoms with Crippen molar-refractivity contribution in [3.05, 3.63) is 67.4 Å². The molecule has 24 heavy (non-hydrogen) atoms. The molecular formula is C15H11BrCl2FNO3S. The molecule has 1 atom stereocenters. The maximum absolute atomic E-state index is 13.1. The minimum atomic E-state index is -2.79. The first kappa shape index (κ1) is 19.3. The van der Waals surface area contributed by atoms with Gasteiger partial charge < -0.3 is 0 Å². The fourth-order valence-electron chi connectivity index (χ4n) is 2.11. The number of hydrogen-bond acceptors (Lipinski definition) is 3. The van der Waals surface area contributed by atoms with Gasteiger partial charge in [-0.25, -0.2) is 17.5 Å². The standard InChI is InChI=1S/C15H11BrCl2FNO3S/c1-7(20-24(22)23)10-5-12(16)11(6-14(10)18)15(21)9-3-2-8(19)4-13(9)17/h2-7,24H,1H3,(H,20,22,23). The Morgan fingerprint density at radius 2 is 1.83 bits per heavy atom. The topological polar surface area (TPSA) is 63.2 Å². The summed E-state index contributed by atoms with van der Waals surface area (Å²) >= 11 is 15.4. The first-order valence-corrected chi connectivity index (χ1v) is 9.32. The summed E-state index contributed by atoms with van der Waals surface area (Å²) in [6, 6.07) is 5.90. The molecule has 0 aliphatic rings. The molecule has 9 heteroatoms. The van der Waals surface area contributed by atoms with E-state index < -0.39 is 28.5 Å². The van der Waals surface area contributed by atoms with E-state index in [9.17, 15) is 17.6 Å². The summed E-state index contributed by atoms with van der Waals surface area (Å²) in [5.41, 5.74) is 0.872. The highest BCUT2D eigenvalue weighted by atomic mass is 79.9. The maximum atomic E-state index is 13.1. The van der Waals surface area contributed by atoms with Crippen LogP contribution in [0.15, 0.2) is 34.8 Å². The quantitative estimate of drug-likeness (QED) is 0.522. The zero-order valence-corrected chi connectivity index (χ0v) is 16.1. The summed E-state index contributed by atoms with van der Waals surface area (Å²) in [6.45, 7) is 1.62. The van der Waals surface area contributed by atoms with Crippen LogP contribution in [0.3, 0.4) is 0 Å². The molecule has 0 aromatic heterocycles. The van der Waals surface area contributed by atoms with E-state index in [0.717, 1.165) is 12.1 Å². The highest BCUT2D eigenvalue weighted by Crippen LogP contribution is 2.32. The van der Waals surface area contributed by atoms with Gasteiger partial charge in [-0.3, -0.25) is 4.79 Å². The highest BCUT2D eigenvalue weighted by Gasteiger charge is 2.20. The first-order chi connectivity index (χ1) is 11.2. The van der Waals surface area contributed by atoms with Crippen LogP contribution in [-0.2, 0) is 10.9 Å². The fraction of sp³-hybridized carbons (Fsp3) is 0.133. The summed E-state index contributed by atoms with van der Waals surface area (Å²) in [5.74, 6) is -0.980. The van der Waals surface area contributed by atoms with Gasteiger partial charge in [0.2, 0.25) is 10.9 Å². The van der Waals surface area contributed by atoms with E-state index in [-0.39, 0.29) is 21.2 Å². The predicted molar refractivity (Wildman–Crippen MR) is 95.9 cm³/mol. The van der Waals surface area contributed by atoms with E-state index in [1.165, 1.54) is 12.1 Å². The van der Waals surface area contributed by atoms with Crippen molar-refractivity contribution in [1.29, 1.82) is 0 Å². The lowest BCUT2D eigenvalue weighted by Crippen LogP contribution is -2.17. The van der Waals surface area contributed by atoms with Crippen LogP contribution in [0.2, 0.25) is 10.0 Å². The molecule has 2 rings (SSSR count). The van der Waals surface area contributed by atoms with Gasteiger partial charge in [0, 0.05) is 26.7 Å². The van der Waals surface area contributed by atoms with Gasteiger partial charge in [-0.05, 0) is 42.8 Å². The number of ketones is 1. The molecule has 0 amide bonds. The summed E-state index contributed by atoms with van der Waals surface area (Å²) in [4.78, 5) is 12.6. The van der Waals surface area contributed by atoms with Crippen LogP contribution < -0.4 is 4.72 Å². The Morgan fingerprint density at radius 1 is 1.17 bits per heavy atom. The lowest BCUT2D eigenvalue weighted by atomic mass is 10.00. The molecule has 2 aromatic rings. The highest BCUT2D eigenvalue weighted by molar-refractivity contribution is 9.10. The van der Waals surface area contributed by atoms with Gasteiger partial charge in [-0.1, -0.05) is 39.1 Å². The van der Waals surface area contributed by atoms with Crippen LogP contribution in [0.5, 0.6) is 0 Å². The number of carbonyl (C=O) groups is 1. The Morgan fingerprint density at radius 3 is 2.42 bits per heavy atom. The smallest absolute Gasteiger partial charge is 0.201 e. The van der Waals surface area contributed by atoms with Crippen LogP contribution in [-0.4, -0.2) is 14.2 Å². The third kappa shape index (κ3) is 4.34. The number of benzene rings is 2. The minimum absolute atomic E-state index is 0.00881. The molecule has 4 nitrogen and oxygen atoms in total. The Labute approximate surface area is 158 Å². The molecule has 0 aliphatic heterocycles. The summed E-state index contributed by atoms with van der Waals surface area (Å²) in [6.07, 6.45) is 0. The number of thiol groups is 1. The van der Waals surface area contributed by atoms with E-state index >= 15 is 0 Å². The molecule has 128 valence electrons. The van der Waals surface area contributed by atoms with Gasteiger partial charge >= 0.3 is 0 Å². The molecule has 1 N–H and O–H groups in total. The summed E-state index contributed by atoms with van der Waals surface area (Å²) < 4.78 is 37.4. The van der Waals surface area contributed by atoms with Gasteiger partial charge in [0.1, 0.15) is 5.82 Å². The van der Waals surface area contributed by atoms with Crippen molar-refractivity contribution in [3.8, 4) is 0 Å². The molecule has 0 saturated heterocycles. The molecule has 2 aromatic carbocycles. The largest absolute Gasteiger partial charge is 0.289 e. The number of rotatable bonds is 5.